The van der Waals surface area contributed by atoms with Gasteiger partial charge in [0.1, 0.15) is 11.6 Å². The maximum absolute atomic E-state index is 5.27. The highest BCUT2D eigenvalue weighted by Crippen LogP contribution is 2.25. The van der Waals surface area contributed by atoms with Gasteiger partial charge in [0.2, 0.25) is 5.95 Å². The Morgan fingerprint density at radius 2 is 1.64 bits per heavy atom. The summed E-state index contributed by atoms with van der Waals surface area (Å²) in [5.74, 6) is 3.59. The first-order valence-corrected chi connectivity index (χ1v) is 10.4. The van der Waals surface area contributed by atoms with Gasteiger partial charge >= 0.3 is 0 Å². The Bertz CT molecular complexity index is 786. The third-order valence-electron chi connectivity index (χ3n) is 5.81. The van der Waals surface area contributed by atoms with Gasteiger partial charge in [-0.25, -0.2) is 4.98 Å². The van der Waals surface area contributed by atoms with E-state index in [1.165, 1.54) is 18.5 Å². The van der Waals surface area contributed by atoms with E-state index in [-0.39, 0.29) is 0 Å². The maximum atomic E-state index is 5.27. The molecule has 0 bridgehead atoms. The number of methoxy groups -OCH3 is 1. The number of piperidine rings is 1. The molecule has 2 aliphatic heterocycles. The van der Waals surface area contributed by atoms with E-state index in [1.54, 1.807) is 7.11 Å². The average Bonchev–Trinajstić information content (AvgIpc) is 2.73. The van der Waals surface area contributed by atoms with Gasteiger partial charge in [-0.1, -0.05) is 6.92 Å². The molecule has 2 fully saturated rings. The van der Waals surface area contributed by atoms with E-state index in [1.807, 2.05) is 12.1 Å². The predicted octanol–water partition coefficient (Wildman–Crippen LogP) is 3.36. The molecule has 3 heterocycles. The first kappa shape index (κ1) is 18.8. The minimum atomic E-state index is 0.717. The lowest BCUT2D eigenvalue weighted by Crippen LogP contribution is -2.47. The highest BCUT2D eigenvalue weighted by Gasteiger charge is 2.22. The number of aromatic nitrogens is 2. The molecule has 2 aromatic rings. The average molecular weight is 382 g/mol. The van der Waals surface area contributed by atoms with Gasteiger partial charge in [-0.3, -0.25) is 0 Å². The molecule has 2 aliphatic rings. The molecule has 4 rings (SSSR count). The molecular formula is C22H31N5O. The smallest absolute Gasteiger partial charge is 0.227 e. The van der Waals surface area contributed by atoms with Crippen molar-refractivity contribution in [2.75, 3.05) is 61.1 Å². The van der Waals surface area contributed by atoms with Crippen LogP contribution in [0, 0.1) is 12.8 Å². The molecular weight excluding hydrogens is 350 g/mol. The quantitative estimate of drug-likeness (QED) is 0.809. The zero-order valence-corrected chi connectivity index (χ0v) is 17.3. The van der Waals surface area contributed by atoms with Crippen molar-refractivity contribution in [2.24, 2.45) is 5.92 Å². The fourth-order valence-corrected chi connectivity index (χ4v) is 4.20. The monoisotopic (exact) mass is 381 g/mol. The van der Waals surface area contributed by atoms with Crippen LogP contribution in [-0.2, 0) is 0 Å². The number of nitrogens with zero attached hydrogens (tertiary/aromatic N) is 5. The third-order valence-corrected chi connectivity index (χ3v) is 5.81. The molecule has 28 heavy (non-hydrogen) atoms. The molecule has 150 valence electrons. The number of hydrogen-bond donors (Lipinski definition) is 0. The normalized spacial score (nSPS) is 20.4. The van der Waals surface area contributed by atoms with E-state index in [9.17, 15) is 0 Å². The number of piperazine rings is 1. The summed E-state index contributed by atoms with van der Waals surface area (Å²) in [4.78, 5) is 16.9. The summed E-state index contributed by atoms with van der Waals surface area (Å²) in [6, 6.07) is 10.5. The van der Waals surface area contributed by atoms with Crippen molar-refractivity contribution < 1.29 is 4.74 Å². The van der Waals surface area contributed by atoms with Gasteiger partial charge in [0.25, 0.3) is 0 Å². The van der Waals surface area contributed by atoms with Crippen molar-refractivity contribution >= 4 is 17.5 Å². The van der Waals surface area contributed by atoms with Crippen LogP contribution < -0.4 is 19.4 Å². The first-order valence-electron chi connectivity index (χ1n) is 10.4. The van der Waals surface area contributed by atoms with E-state index >= 15 is 0 Å². The van der Waals surface area contributed by atoms with Crippen LogP contribution in [-0.4, -0.2) is 56.3 Å². The molecule has 1 aromatic carbocycles. The number of hydrogen-bond acceptors (Lipinski definition) is 6. The van der Waals surface area contributed by atoms with E-state index < -0.39 is 0 Å². The largest absolute Gasteiger partial charge is 0.497 e. The van der Waals surface area contributed by atoms with Gasteiger partial charge in [-0.2, -0.15) is 4.98 Å². The van der Waals surface area contributed by atoms with Gasteiger partial charge in [0, 0.05) is 56.7 Å². The zero-order chi connectivity index (χ0) is 19.5. The Labute approximate surface area is 168 Å². The van der Waals surface area contributed by atoms with Gasteiger partial charge in [-0.05, 0) is 49.9 Å². The fourth-order valence-electron chi connectivity index (χ4n) is 4.20. The maximum Gasteiger partial charge on any atom is 0.227 e. The van der Waals surface area contributed by atoms with Crippen LogP contribution in [0.2, 0.25) is 0 Å². The lowest BCUT2D eigenvalue weighted by Gasteiger charge is -2.37. The molecule has 0 radical (unpaired) electrons. The third kappa shape index (κ3) is 4.16. The lowest BCUT2D eigenvalue weighted by molar-refractivity contribution is 0.415. The van der Waals surface area contributed by atoms with Gasteiger partial charge < -0.3 is 19.4 Å². The second-order valence-corrected chi connectivity index (χ2v) is 8.03. The van der Waals surface area contributed by atoms with Gasteiger partial charge in [-0.15, -0.1) is 0 Å². The minimum Gasteiger partial charge on any atom is -0.497 e. The van der Waals surface area contributed by atoms with Crippen LogP contribution in [0.15, 0.2) is 30.3 Å². The molecule has 6 nitrogen and oxygen atoms in total. The summed E-state index contributed by atoms with van der Waals surface area (Å²) in [6.45, 7) is 10.5. The Hall–Kier alpha value is -2.50. The number of rotatable bonds is 4. The van der Waals surface area contributed by atoms with Crippen molar-refractivity contribution in [3.8, 4) is 5.75 Å². The molecule has 0 aliphatic carbocycles. The minimum absolute atomic E-state index is 0.717. The molecule has 2 saturated heterocycles. The summed E-state index contributed by atoms with van der Waals surface area (Å²) in [5.41, 5.74) is 2.30. The van der Waals surface area contributed by atoms with Crippen molar-refractivity contribution in [1.82, 2.24) is 9.97 Å². The van der Waals surface area contributed by atoms with Gasteiger partial charge in [0.15, 0.2) is 0 Å². The van der Waals surface area contributed by atoms with Crippen molar-refractivity contribution in [1.29, 1.82) is 0 Å². The Kier molecular flexibility index (Phi) is 5.55. The highest BCUT2D eigenvalue weighted by molar-refractivity contribution is 5.52. The predicted molar refractivity (Wildman–Crippen MR) is 115 cm³/mol. The number of benzene rings is 1. The van der Waals surface area contributed by atoms with Gasteiger partial charge in [0.05, 0.1) is 7.11 Å². The first-order chi connectivity index (χ1) is 13.6. The van der Waals surface area contributed by atoms with Crippen LogP contribution >= 0.6 is 0 Å². The van der Waals surface area contributed by atoms with E-state index in [0.29, 0.717) is 5.92 Å². The van der Waals surface area contributed by atoms with Crippen LogP contribution in [0.1, 0.15) is 25.5 Å². The van der Waals surface area contributed by atoms with Crippen molar-refractivity contribution in [3.63, 3.8) is 0 Å². The number of ether oxygens (including phenoxy) is 1. The van der Waals surface area contributed by atoms with Crippen molar-refractivity contribution in [2.45, 2.75) is 26.7 Å². The van der Waals surface area contributed by atoms with Crippen LogP contribution in [0.3, 0.4) is 0 Å². The number of aryl methyl sites for hydroxylation is 1. The van der Waals surface area contributed by atoms with E-state index in [2.05, 4.69) is 46.7 Å². The Balaban J connectivity index is 1.44. The summed E-state index contributed by atoms with van der Waals surface area (Å²) in [6.07, 6.45) is 2.54. The van der Waals surface area contributed by atoms with Crippen LogP contribution in [0.5, 0.6) is 5.75 Å². The van der Waals surface area contributed by atoms with Crippen LogP contribution in [0.4, 0.5) is 17.5 Å². The molecule has 6 heteroatoms. The summed E-state index contributed by atoms with van der Waals surface area (Å²) in [5, 5.41) is 0. The highest BCUT2D eigenvalue weighted by atomic mass is 16.5. The molecule has 1 unspecified atom stereocenters. The molecule has 1 aromatic heterocycles. The topological polar surface area (TPSA) is 44.7 Å². The van der Waals surface area contributed by atoms with E-state index in [0.717, 1.165) is 62.5 Å². The summed E-state index contributed by atoms with van der Waals surface area (Å²) >= 11 is 0. The SMILES string of the molecule is COc1ccc(N2CCN(c3cc(C)nc(N4CCCC(C)C4)n3)CC2)cc1. The molecule has 0 amide bonds. The molecule has 0 spiro atoms. The molecule has 0 saturated carbocycles. The summed E-state index contributed by atoms with van der Waals surface area (Å²) in [7, 11) is 1.70. The summed E-state index contributed by atoms with van der Waals surface area (Å²) < 4.78 is 5.27. The standard InChI is InChI=1S/C22H31N5O/c1-17-5-4-10-27(16-17)22-23-18(2)15-21(24-22)26-13-11-25(12-14-26)19-6-8-20(28-3)9-7-19/h6-9,15,17H,4-5,10-14,16H2,1-3H3. The fraction of sp³-hybridized carbons (Fsp3) is 0.545. The van der Waals surface area contributed by atoms with Crippen LogP contribution in [0.25, 0.3) is 0 Å². The second kappa shape index (κ2) is 8.25. The zero-order valence-electron chi connectivity index (χ0n) is 17.3. The lowest BCUT2D eigenvalue weighted by atomic mass is 10.0. The molecule has 0 N–H and O–H groups in total. The molecule has 1 atom stereocenters. The second-order valence-electron chi connectivity index (χ2n) is 8.03. The van der Waals surface area contributed by atoms with E-state index in [4.69, 9.17) is 14.7 Å². The van der Waals surface area contributed by atoms with Crippen molar-refractivity contribution in [3.05, 3.63) is 36.0 Å². The number of anilines is 3. The Morgan fingerprint density at radius 1 is 0.929 bits per heavy atom. The Morgan fingerprint density at radius 3 is 2.32 bits per heavy atom.